The zero-order valence-corrected chi connectivity index (χ0v) is 32.8. The Morgan fingerprint density at radius 2 is 0.774 bits per heavy atom. The van der Waals surface area contributed by atoms with E-state index in [-0.39, 0.29) is 39.6 Å². The van der Waals surface area contributed by atoms with Crippen LogP contribution < -0.4 is 0 Å². The predicted molar refractivity (Wildman–Crippen MR) is 192 cm³/mol. The Balaban J connectivity index is 3.81. The number of hydrogen-bond donors (Lipinski definition) is 4. The largest absolute Gasteiger partial charge is 0.469 e. The van der Waals surface area contributed by atoms with Gasteiger partial charge in [0.2, 0.25) is 0 Å². The highest BCUT2D eigenvalue weighted by Crippen LogP contribution is 2.36. The summed E-state index contributed by atoms with van der Waals surface area (Å²) in [7, 11) is -8.77. The molecule has 0 saturated carbocycles. The van der Waals surface area contributed by atoms with Crippen LogP contribution in [-0.4, -0.2) is 95.3 Å². The van der Waals surface area contributed by atoms with E-state index in [2.05, 4.69) is 9.05 Å². The first kappa shape index (κ1) is 50.5. The van der Waals surface area contributed by atoms with Crippen molar-refractivity contribution in [2.24, 2.45) is 0 Å². The number of unbranched alkanes of at least 4 members (excludes halogenated alkanes) is 14. The van der Waals surface area contributed by atoms with E-state index in [0.717, 1.165) is 101 Å². The lowest BCUT2D eigenvalue weighted by atomic mass is 10.1. The fraction of sp³-hybridized carbons (Fsp3) is 0.765. The van der Waals surface area contributed by atoms with E-state index >= 15 is 0 Å². The van der Waals surface area contributed by atoms with Gasteiger partial charge in [-0.2, -0.15) is 0 Å². The van der Waals surface area contributed by atoms with Crippen LogP contribution >= 0.6 is 15.6 Å². The van der Waals surface area contributed by atoms with Crippen molar-refractivity contribution in [3.8, 4) is 0 Å². The number of phosphoric ester groups is 2. The van der Waals surface area contributed by atoms with Gasteiger partial charge in [0.05, 0.1) is 39.1 Å². The number of esters is 4. The third-order valence-electron chi connectivity index (χ3n) is 7.19. The van der Waals surface area contributed by atoms with Crippen molar-refractivity contribution in [1.29, 1.82) is 0 Å². The van der Waals surface area contributed by atoms with Crippen molar-refractivity contribution in [2.75, 3.05) is 39.6 Å². The summed E-state index contributed by atoms with van der Waals surface area (Å²) >= 11 is 0. The number of carbonyl (C=O) groups excluding carboxylic acids is 4. The van der Waals surface area contributed by atoms with Gasteiger partial charge in [-0.1, -0.05) is 77.0 Å². The summed E-state index contributed by atoms with van der Waals surface area (Å²) in [6.07, 6.45) is 16.5. The summed E-state index contributed by atoms with van der Waals surface area (Å²) in [6.45, 7) is 3.68. The number of phosphoric acid groups is 2. The van der Waals surface area contributed by atoms with Gasteiger partial charge in [0, 0.05) is 24.3 Å². The van der Waals surface area contributed by atoms with Crippen molar-refractivity contribution in [1.82, 2.24) is 0 Å². The van der Waals surface area contributed by atoms with Crippen LogP contribution in [0, 0.1) is 0 Å². The smallest absolute Gasteiger partial charge is 0.463 e. The number of carbonyl (C=O) groups is 4. The lowest BCUT2D eigenvalue weighted by molar-refractivity contribution is -0.149. The van der Waals surface area contributed by atoms with E-state index < -0.39 is 51.7 Å². The van der Waals surface area contributed by atoms with Crippen LogP contribution in [-0.2, 0) is 61.0 Å². The molecule has 0 fully saturated rings. The number of ether oxygens (including phenoxy) is 5. The van der Waals surface area contributed by atoms with Crippen LogP contribution in [0.3, 0.4) is 0 Å². The summed E-state index contributed by atoms with van der Waals surface area (Å²) in [5.74, 6) is -2.82. The van der Waals surface area contributed by atoms with Crippen LogP contribution in [0.25, 0.3) is 0 Å². The Bertz CT molecular complexity index is 1160. The number of rotatable bonds is 34. The van der Waals surface area contributed by atoms with E-state index in [9.17, 15) is 28.3 Å². The molecule has 0 heterocycles. The molecule has 0 saturated heterocycles. The molecule has 0 spiro atoms. The van der Waals surface area contributed by atoms with Crippen LogP contribution in [0.15, 0.2) is 24.3 Å². The molecule has 0 amide bonds. The van der Waals surface area contributed by atoms with Crippen molar-refractivity contribution >= 4 is 39.5 Å². The molecule has 2 atom stereocenters. The third-order valence-corrected chi connectivity index (χ3v) is 8.23. The van der Waals surface area contributed by atoms with Gasteiger partial charge in [0.25, 0.3) is 0 Å². The van der Waals surface area contributed by atoms with E-state index in [4.69, 9.17) is 43.3 Å². The SMILES string of the molecule is CC(COC(=O)/C=C/C(=O)OCCCCCCCCCCOP(=O)(O)O)OCC(C)OC(=O)/C=C/C(=O)OCCCCCCCCCCOP(=O)(O)O. The maximum absolute atomic E-state index is 12.0. The van der Waals surface area contributed by atoms with E-state index in [1.165, 1.54) is 0 Å². The van der Waals surface area contributed by atoms with Gasteiger partial charge in [-0.25, -0.2) is 28.3 Å². The maximum Gasteiger partial charge on any atom is 0.469 e. The molecule has 0 rings (SSSR count). The van der Waals surface area contributed by atoms with Crippen LogP contribution in [0.5, 0.6) is 0 Å². The Morgan fingerprint density at radius 1 is 0.453 bits per heavy atom. The number of hydrogen-bond acceptors (Lipinski definition) is 13. The molecule has 0 aromatic heterocycles. The molecule has 17 nitrogen and oxygen atoms in total. The van der Waals surface area contributed by atoms with Gasteiger partial charge in [0.15, 0.2) is 0 Å². The monoisotopic (exact) mass is 802 g/mol. The fourth-order valence-corrected chi connectivity index (χ4v) is 5.21. The molecule has 19 heteroatoms. The summed E-state index contributed by atoms with van der Waals surface area (Å²) in [5, 5.41) is 0. The molecule has 0 aliphatic carbocycles. The van der Waals surface area contributed by atoms with Crippen LogP contribution in [0.1, 0.15) is 117 Å². The van der Waals surface area contributed by atoms with E-state index in [1.807, 2.05) is 0 Å². The molecular formula is C34H60O17P2. The topological polar surface area (TPSA) is 248 Å². The van der Waals surface area contributed by atoms with Gasteiger partial charge in [-0.3, -0.25) is 9.05 Å². The quantitative estimate of drug-likeness (QED) is 0.0205. The molecule has 0 aromatic rings. The molecule has 0 bridgehead atoms. The summed E-state index contributed by atoms with van der Waals surface area (Å²) in [4.78, 5) is 82.0. The first-order chi connectivity index (χ1) is 25.1. The lowest BCUT2D eigenvalue weighted by Gasteiger charge is -2.16. The highest BCUT2D eigenvalue weighted by atomic mass is 31.2. The van der Waals surface area contributed by atoms with Gasteiger partial charge in [-0.05, 0) is 39.5 Å². The van der Waals surface area contributed by atoms with Crippen LogP contribution in [0.4, 0.5) is 0 Å². The molecule has 0 radical (unpaired) electrons. The Hall–Kier alpha value is -2.46. The average Bonchev–Trinajstić information content (AvgIpc) is 3.07. The molecule has 0 aliphatic rings. The Labute approximate surface area is 312 Å². The third kappa shape index (κ3) is 39.1. The molecule has 53 heavy (non-hydrogen) atoms. The second kappa shape index (κ2) is 31.8. The van der Waals surface area contributed by atoms with Crippen molar-refractivity contribution < 1.29 is 80.6 Å². The Kier molecular flexibility index (Phi) is 30.4. The predicted octanol–water partition coefficient (Wildman–Crippen LogP) is 5.53. The highest BCUT2D eigenvalue weighted by molar-refractivity contribution is 7.46. The fourth-order valence-electron chi connectivity index (χ4n) is 4.48. The summed E-state index contributed by atoms with van der Waals surface area (Å²) in [5.41, 5.74) is 0. The lowest BCUT2D eigenvalue weighted by Crippen LogP contribution is -2.25. The van der Waals surface area contributed by atoms with Crippen molar-refractivity contribution in [3.05, 3.63) is 24.3 Å². The first-order valence-corrected chi connectivity index (χ1v) is 21.2. The second-order valence-corrected chi connectivity index (χ2v) is 14.8. The van der Waals surface area contributed by atoms with Crippen molar-refractivity contribution in [3.63, 3.8) is 0 Å². The van der Waals surface area contributed by atoms with E-state index in [1.54, 1.807) is 13.8 Å². The van der Waals surface area contributed by atoms with Gasteiger partial charge in [0.1, 0.15) is 12.7 Å². The van der Waals surface area contributed by atoms with Gasteiger partial charge < -0.3 is 43.3 Å². The minimum absolute atomic E-state index is 0.00712. The Morgan fingerprint density at radius 3 is 1.15 bits per heavy atom. The molecule has 4 N–H and O–H groups in total. The normalized spacial score (nSPS) is 13.2. The molecule has 2 unspecified atom stereocenters. The summed E-state index contributed by atoms with van der Waals surface area (Å²) in [6, 6.07) is 0. The minimum atomic E-state index is -4.39. The standard InChI is InChI=1S/C34H60O17P2/c1-29(27-48-33(37)20-19-31(35)45-23-15-11-7-3-5-9-13-17-25-49-52(39,40)41)47-28-30(2)51-34(38)22-21-32(36)46-24-16-12-8-4-6-10-14-18-26-50-53(42,43)44/h19-22,29-30H,3-18,23-28H2,1-2H3,(H2,39,40,41)(H2,42,43,44)/b20-19+,22-21+. The molecule has 308 valence electrons. The zero-order valence-electron chi connectivity index (χ0n) is 31.0. The van der Waals surface area contributed by atoms with Gasteiger partial charge in [-0.15, -0.1) is 0 Å². The summed E-state index contributed by atoms with van der Waals surface area (Å²) < 4.78 is 55.8. The highest BCUT2D eigenvalue weighted by Gasteiger charge is 2.14. The molecule has 0 aromatic carbocycles. The molecule has 0 aliphatic heterocycles. The van der Waals surface area contributed by atoms with E-state index in [0.29, 0.717) is 25.7 Å². The van der Waals surface area contributed by atoms with Crippen LogP contribution in [0.2, 0.25) is 0 Å². The minimum Gasteiger partial charge on any atom is -0.463 e. The zero-order chi connectivity index (χ0) is 39.8. The van der Waals surface area contributed by atoms with Gasteiger partial charge >= 0.3 is 39.5 Å². The first-order valence-electron chi connectivity index (χ1n) is 18.2. The average molecular weight is 803 g/mol. The second-order valence-electron chi connectivity index (χ2n) is 12.3. The maximum atomic E-state index is 12.0. The molecular weight excluding hydrogens is 742 g/mol. The van der Waals surface area contributed by atoms with Crippen molar-refractivity contribution in [2.45, 2.75) is 129 Å².